The fraction of sp³-hybridized carbons (Fsp3) is 0.471. The lowest BCUT2D eigenvalue weighted by Gasteiger charge is -2.25. The van der Waals surface area contributed by atoms with Crippen LogP contribution in [0.1, 0.15) is 43.0 Å². The van der Waals surface area contributed by atoms with Gasteiger partial charge in [0.1, 0.15) is 5.56 Å². The van der Waals surface area contributed by atoms with Crippen LogP contribution in [0.5, 0.6) is 5.88 Å². The van der Waals surface area contributed by atoms with Crippen molar-refractivity contribution < 1.29 is 14.3 Å². The molecule has 0 spiro atoms. The van der Waals surface area contributed by atoms with Crippen LogP contribution in [0.2, 0.25) is 0 Å². The zero-order chi connectivity index (χ0) is 15.4. The average Bonchev–Trinajstić information content (AvgIpc) is 2.49. The summed E-state index contributed by atoms with van der Waals surface area (Å²) in [5, 5.41) is 0.803. The second kappa shape index (κ2) is 6.73. The number of fused-ring (bicyclic) bond motifs is 1. The maximum Gasteiger partial charge on any atom is 0.343 e. The number of esters is 1. The van der Waals surface area contributed by atoms with E-state index in [0.717, 1.165) is 17.7 Å². The molecule has 0 amide bonds. The zero-order valence-corrected chi connectivity index (χ0v) is 12.7. The number of carbonyl (C=O) groups is 1. The first-order valence-electron chi connectivity index (χ1n) is 7.83. The Hall–Kier alpha value is -2.17. The van der Waals surface area contributed by atoms with Crippen LogP contribution in [-0.4, -0.2) is 29.2 Å². The van der Waals surface area contributed by atoms with Crippen molar-refractivity contribution in [3.05, 3.63) is 30.0 Å². The summed E-state index contributed by atoms with van der Waals surface area (Å²) in [5.41, 5.74) is 0.949. The van der Waals surface area contributed by atoms with Gasteiger partial charge in [-0.1, -0.05) is 19.3 Å². The predicted molar refractivity (Wildman–Crippen MR) is 82.9 cm³/mol. The van der Waals surface area contributed by atoms with Crippen molar-refractivity contribution >= 4 is 17.0 Å². The Kier molecular flexibility index (Phi) is 4.51. The molecule has 2 aromatic heterocycles. The third kappa shape index (κ3) is 3.18. The Morgan fingerprint density at radius 1 is 1.41 bits per heavy atom. The molecule has 0 bridgehead atoms. The molecule has 1 fully saturated rings. The Bertz CT molecular complexity index is 668. The number of carbonyl (C=O) groups excluding carboxylic acids is 1. The standard InChI is InChI=1S/C17H20N2O3/c1-2-21-17(20)14-11-13-7-4-9-18-15(13)19-16(14)22-10-8-12-5-3-6-12/h4,7,9,11-12H,2-3,5-6,8,10H2,1H3. The summed E-state index contributed by atoms with van der Waals surface area (Å²) in [4.78, 5) is 20.7. The van der Waals surface area contributed by atoms with Crippen LogP contribution in [0.15, 0.2) is 24.4 Å². The summed E-state index contributed by atoms with van der Waals surface area (Å²) in [6.07, 6.45) is 6.56. The highest BCUT2D eigenvalue weighted by Crippen LogP contribution is 2.30. The lowest BCUT2D eigenvalue weighted by molar-refractivity contribution is 0.0520. The van der Waals surface area contributed by atoms with Crippen molar-refractivity contribution in [2.45, 2.75) is 32.6 Å². The number of aromatic nitrogens is 2. The number of hydrogen-bond donors (Lipinski definition) is 0. The summed E-state index contributed by atoms with van der Waals surface area (Å²) < 4.78 is 10.9. The smallest absolute Gasteiger partial charge is 0.343 e. The first kappa shape index (κ1) is 14.8. The molecule has 0 N–H and O–H groups in total. The number of nitrogens with zero attached hydrogens (tertiary/aromatic N) is 2. The van der Waals surface area contributed by atoms with Crippen LogP contribution in [0, 0.1) is 5.92 Å². The molecule has 2 aromatic rings. The minimum atomic E-state index is -0.403. The average molecular weight is 300 g/mol. The third-order valence-corrected chi connectivity index (χ3v) is 4.04. The molecule has 0 atom stereocenters. The maximum atomic E-state index is 12.1. The molecule has 1 aliphatic carbocycles. The van der Waals surface area contributed by atoms with Gasteiger partial charge in [-0.2, -0.15) is 4.98 Å². The van der Waals surface area contributed by atoms with Crippen molar-refractivity contribution in [1.29, 1.82) is 0 Å². The molecule has 0 saturated heterocycles. The first-order chi connectivity index (χ1) is 10.8. The van der Waals surface area contributed by atoms with Crippen molar-refractivity contribution in [2.24, 2.45) is 5.92 Å². The highest BCUT2D eigenvalue weighted by Gasteiger charge is 2.20. The SMILES string of the molecule is CCOC(=O)c1cc2cccnc2nc1OCCC1CCC1. The minimum Gasteiger partial charge on any atom is -0.477 e. The molecule has 0 aliphatic heterocycles. The van der Waals surface area contributed by atoms with E-state index in [4.69, 9.17) is 9.47 Å². The fourth-order valence-electron chi connectivity index (χ4n) is 2.56. The molecule has 5 nitrogen and oxygen atoms in total. The lowest BCUT2D eigenvalue weighted by atomic mass is 9.83. The Labute approximate surface area is 129 Å². The van der Waals surface area contributed by atoms with E-state index < -0.39 is 5.97 Å². The second-order valence-corrected chi connectivity index (χ2v) is 5.55. The number of rotatable bonds is 6. The van der Waals surface area contributed by atoms with Crippen LogP contribution in [0.4, 0.5) is 0 Å². The van der Waals surface area contributed by atoms with E-state index in [9.17, 15) is 4.79 Å². The quantitative estimate of drug-likeness (QED) is 0.765. The number of hydrogen-bond acceptors (Lipinski definition) is 5. The van der Waals surface area contributed by atoms with Gasteiger partial charge < -0.3 is 9.47 Å². The van der Waals surface area contributed by atoms with Crippen LogP contribution in [-0.2, 0) is 4.74 Å². The van der Waals surface area contributed by atoms with Gasteiger partial charge in [0.05, 0.1) is 13.2 Å². The fourth-order valence-corrected chi connectivity index (χ4v) is 2.56. The highest BCUT2D eigenvalue weighted by molar-refractivity contribution is 5.95. The molecular formula is C17H20N2O3. The van der Waals surface area contributed by atoms with Crippen LogP contribution < -0.4 is 4.74 Å². The summed E-state index contributed by atoms with van der Waals surface area (Å²) in [6, 6.07) is 5.43. The molecule has 2 heterocycles. The predicted octanol–water partition coefficient (Wildman–Crippen LogP) is 3.38. The zero-order valence-electron chi connectivity index (χ0n) is 12.7. The monoisotopic (exact) mass is 300 g/mol. The molecule has 116 valence electrons. The van der Waals surface area contributed by atoms with E-state index in [0.29, 0.717) is 30.3 Å². The van der Waals surface area contributed by atoms with Crippen LogP contribution >= 0.6 is 0 Å². The van der Waals surface area contributed by atoms with E-state index in [2.05, 4.69) is 9.97 Å². The Balaban J connectivity index is 1.83. The van der Waals surface area contributed by atoms with Crippen LogP contribution in [0.25, 0.3) is 11.0 Å². The molecule has 5 heteroatoms. The maximum absolute atomic E-state index is 12.1. The summed E-state index contributed by atoms with van der Waals surface area (Å²) >= 11 is 0. The largest absolute Gasteiger partial charge is 0.477 e. The number of pyridine rings is 2. The topological polar surface area (TPSA) is 61.3 Å². The first-order valence-corrected chi connectivity index (χ1v) is 7.83. The third-order valence-electron chi connectivity index (χ3n) is 4.04. The lowest BCUT2D eigenvalue weighted by Crippen LogP contribution is -2.16. The van der Waals surface area contributed by atoms with Gasteiger partial charge in [-0.25, -0.2) is 9.78 Å². The molecule has 0 radical (unpaired) electrons. The van der Waals surface area contributed by atoms with Gasteiger partial charge >= 0.3 is 5.97 Å². The number of ether oxygens (including phenoxy) is 2. The molecule has 1 saturated carbocycles. The van der Waals surface area contributed by atoms with E-state index >= 15 is 0 Å². The van der Waals surface area contributed by atoms with E-state index in [-0.39, 0.29) is 0 Å². The molecular weight excluding hydrogens is 280 g/mol. The minimum absolute atomic E-state index is 0.323. The van der Waals surface area contributed by atoms with Gasteiger partial charge in [-0.15, -0.1) is 0 Å². The van der Waals surface area contributed by atoms with Gasteiger partial charge in [0, 0.05) is 11.6 Å². The van der Waals surface area contributed by atoms with Gasteiger partial charge in [0.25, 0.3) is 0 Å². The van der Waals surface area contributed by atoms with E-state index in [1.165, 1.54) is 19.3 Å². The molecule has 1 aliphatic rings. The second-order valence-electron chi connectivity index (χ2n) is 5.55. The summed E-state index contributed by atoms with van der Waals surface area (Å²) in [5.74, 6) is 0.674. The van der Waals surface area contributed by atoms with Crippen molar-refractivity contribution in [3.63, 3.8) is 0 Å². The molecule has 22 heavy (non-hydrogen) atoms. The van der Waals surface area contributed by atoms with E-state index in [1.54, 1.807) is 19.2 Å². The van der Waals surface area contributed by atoms with Gasteiger partial charge in [-0.3, -0.25) is 0 Å². The summed E-state index contributed by atoms with van der Waals surface area (Å²) in [7, 11) is 0. The normalized spacial score (nSPS) is 14.6. The van der Waals surface area contributed by atoms with Gasteiger partial charge in [0.2, 0.25) is 5.88 Å². The molecule has 3 rings (SSSR count). The molecule has 0 aromatic carbocycles. The van der Waals surface area contributed by atoms with Crippen molar-refractivity contribution in [1.82, 2.24) is 9.97 Å². The van der Waals surface area contributed by atoms with Crippen LogP contribution in [0.3, 0.4) is 0 Å². The Morgan fingerprint density at radius 2 is 2.27 bits per heavy atom. The highest BCUT2D eigenvalue weighted by atomic mass is 16.5. The van der Waals surface area contributed by atoms with Gasteiger partial charge in [-0.05, 0) is 37.5 Å². The summed E-state index contributed by atoms with van der Waals surface area (Å²) in [6.45, 7) is 2.68. The van der Waals surface area contributed by atoms with Gasteiger partial charge in [0.15, 0.2) is 5.65 Å². The Morgan fingerprint density at radius 3 is 3.00 bits per heavy atom. The van der Waals surface area contributed by atoms with E-state index in [1.807, 2.05) is 12.1 Å². The van der Waals surface area contributed by atoms with Crippen molar-refractivity contribution in [2.75, 3.05) is 13.2 Å². The van der Waals surface area contributed by atoms with Crippen molar-refractivity contribution in [3.8, 4) is 5.88 Å². The molecule has 0 unspecified atom stereocenters.